The van der Waals surface area contributed by atoms with Crippen LogP contribution in [0.2, 0.25) is 0 Å². The lowest BCUT2D eigenvalue weighted by Crippen LogP contribution is -2.46. The molecule has 0 radical (unpaired) electrons. The quantitative estimate of drug-likeness (QED) is 0.733. The topological polar surface area (TPSA) is 35.5 Å². The van der Waals surface area contributed by atoms with Crippen molar-refractivity contribution < 1.29 is 5.11 Å². The first-order chi connectivity index (χ1) is 9.90. The van der Waals surface area contributed by atoms with Gasteiger partial charge in [-0.2, -0.15) is 0 Å². The second kappa shape index (κ2) is 8.40. The number of hydrogen-bond donors (Lipinski definition) is 2. The zero-order valence-electron chi connectivity index (χ0n) is 14.4. The minimum absolute atomic E-state index is 0.153. The lowest BCUT2D eigenvalue weighted by molar-refractivity contribution is 0.164. The van der Waals surface area contributed by atoms with Gasteiger partial charge in [0.15, 0.2) is 0 Å². The van der Waals surface area contributed by atoms with E-state index >= 15 is 0 Å². The number of anilines is 1. The number of aliphatic hydroxyl groups excluding tert-OH is 1. The molecule has 0 saturated heterocycles. The molecule has 0 aliphatic rings. The summed E-state index contributed by atoms with van der Waals surface area (Å²) < 4.78 is 0. The molecule has 0 aliphatic heterocycles. The highest BCUT2D eigenvalue weighted by molar-refractivity contribution is 5.50. The van der Waals surface area contributed by atoms with Gasteiger partial charge in [0.2, 0.25) is 0 Å². The molecule has 1 unspecified atom stereocenters. The summed E-state index contributed by atoms with van der Waals surface area (Å²) in [5.41, 5.74) is 3.74. The van der Waals surface area contributed by atoms with Crippen LogP contribution in [0.3, 0.4) is 0 Å². The monoisotopic (exact) mass is 292 g/mol. The molecule has 21 heavy (non-hydrogen) atoms. The van der Waals surface area contributed by atoms with Gasteiger partial charge in [0.05, 0.1) is 6.61 Å². The normalized spacial score (nSPS) is 14.0. The summed E-state index contributed by atoms with van der Waals surface area (Å²) in [7, 11) is 2.14. The Balaban J connectivity index is 2.50. The van der Waals surface area contributed by atoms with Crippen molar-refractivity contribution >= 4 is 5.69 Å². The van der Waals surface area contributed by atoms with Crippen LogP contribution in [0.5, 0.6) is 0 Å². The summed E-state index contributed by atoms with van der Waals surface area (Å²) >= 11 is 0. The molecule has 3 heteroatoms. The number of aliphatic hydroxyl groups is 1. The van der Waals surface area contributed by atoms with E-state index in [-0.39, 0.29) is 12.1 Å². The lowest BCUT2D eigenvalue weighted by Gasteiger charge is -2.30. The van der Waals surface area contributed by atoms with Gasteiger partial charge in [0.25, 0.3) is 0 Å². The number of rotatable bonds is 9. The predicted molar refractivity (Wildman–Crippen MR) is 92.2 cm³/mol. The summed E-state index contributed by atoms with van der Waals surface area (Å²) in [5, 5.41) is 13.0. The van der Waals surface area contributed by atoms with Gasteiger partial charge < -0.3 is 15.3 Å². The molecule has 1 aromatic rings. The highest BCUT2D eigenvalue weighted by Crippen LogP contribution is 2.19. The molecular weight excluding hydrogens is 260 g/mol. The van der Waals surface area contributed by atoms with Crippen LogP contribution in [0, 0.1) is 13.8 Å². The van der Waals surface area contributed by atoms with E-state index in [9.17, 15) is 5.11 Å². The standard InChI is InChI=1S/C18H32N2O/c1-6-9-19-18(4,14-21)8-7-10-20(5)17-12-15(2)11-16(3)13-17/h11-13,19,21H,6-10,14H2,1-5H3. The molecule has 120 valence electrons. The van der Waals surface area contributed by atoms with E-state index in [2.05, 4.69) is 63.2 Å². The fourth-order valence-corrected chi connectivity index (χ4v) is 2.66. The van der Waals surface area contributed by atoms with Crippen LogP contribution in [-0.2, 0) is 0 Å². The Kier molecular flexibility index (Phi) is 7.20. The third-order valence-corrected chi connectivity index (χ3v) is 4.02. The van der Waals surface area contributed by atoms with Crippen LogP contribution >= 0.6 is 0 Å². The Hall–Kier alpha value is -1.06. The van der Waals surface area contributed by atoms with Crippen molar-refractivity contribution in [3.05, 3.63) is 29.3 Å². The Morgan fingerprint density at radius 2 is 1.81 bits per heavy atom. The number of hydrogen-bond acceptors (Lipinski definition) is 3. The molecule has 0 bridgehead atoms. The Bertz CT molecular complexity index is 413. The minimum Gasteiger partial charge on any atom is -0.394 e. The molecule has 1 aromatic carbocycles. The summed E-state index contributed by atoms with van der Waals surface area (Å²) in [6.45, 7) is 10.7. The minimum atomic E-state index is -0.153. The van der Waals surface area contributed by atoms with E-state index in [1.165, 1.54) is 16.8 Å². The van der Waals surface area contributed by atoms with Crippen molar-refractivity contribution in [3.63, 3.8) is 0 Å². The molecule has 0 aliphatic carbocycles. The van der Waals surface area contributed by atoms with Crippen LogP contribution < -0.4 is 10.2 Å². The van der Waals surface area contributed by atoms with Gasteiger partial charge in [-0.05, 0) is 69.8 Å². The first-order valence-corrected chi connectivity index (χ1v) is 8.05. The number of benzene rings is 1. The van der Waals surface area contributed by atoms with Gasteiger partial charge in [-0.1, -0.05) is 13.0 Å². The smallest absolute Gasteiger partial charge is 0.0610 e. The van der Waals surface area contributed by atoms with Gasteiger partial charge in [-0.25, -0.2) is 0 Å². The van der Waals surface area contributed by atoms with Crippen molar-refractivity contribution in [3.8, 4) is 0 Å². The fourth-order valence-electron chi connectivity index (χ4n) is 2.66. The summed E-state index contributed by atoms with van der Waals surface area (Å²) in [4.78, 5) is 2.30. The molecule has 3 nitrogen and oxygen atoms in total. The second-order valence-electron chi connectivity index (χ2n) is 6.52. The molecular formula is C18H32N2O. The molecule has 1 rings (SSSR count). The van der Waals surface area contributed by atoms with Gasteiger partial charge >= 0.3 is 0 Å². The third-order valence-electron chi connectivity index (χ3n) is 4.02. The van der Waals surface area contributed by atoms with Gasteiger partial charge in [0.1, 0.15) is 0 Å². The molecule has 1 atom stereocenters. The molecule has 0 amide bonds. The first-order valence-electron chi connectivity index (χ1n) is 8.05. The van der Waals surface area contributed by atoms with Gasteiger partial charge in [-0.3, -0.25) is 0 Å². The zero-order valence-corrected chi connectivity index (χ0v) is 14.4. The predicted octanol–water partition coefficient (Wildman–Crippen LogP) is 3.27. The van der Waals surface area contributed by atoms with Gasteiger partial charge in [-0.15, -0.1) is 0 Å². The Morgan fingerprint density at radius 3 is 2.33 bits per heavy atom. The molecule has 0 aromatic heterocycles. The largest absolute Gasteiger partial charge is 0.394 e. The highest BCUT2D eigenvalue weighted by Gasteiger charge is 2.21. The number of aryl methyl sites for hydroxylation is 2. The van der Waals surface area contributed by atoms with Gasteiger partial charge in [0, 0.05) is 24.8 Å². The number of nitrogens with one attached hydrogen (secondary N) is 1. The average Bonchev–Trinajstić information content (AvgIpc) is 2.44. The SMILES string of the molecule is CCCNC(C)(CO)CCCN(C)c1cc(C)cc(C)c1. The van der Waals surface area contributed by atoms with Crippen molar-refractivity contribution in [2.45, 2.75) is 52.5 Å². The molecule has 2 N–H and O–H groups in total. The zero-order chi connectivity index (χ0) is 15.9. The van der Waals surface area contributed by atoms with E-state index in [0.717, 1.165) is 32.4 Å². The average molecular weight is 292 g/mol. The number of nitrogens with zero attached hydrogens (tertiary/aromatic N) is 1. The second-order valence-corrected chi connectivity index (χ2v) is 6.52. The van der Waals surface area contributed by atoms with E-state index < -0.39 is 0 Å². The molecule has 0 spiro atoms. The van der Waals surface area contributed by atoms with Crippen LogP contribution in [0.4, 0.5) is 5.69 Å². The van der Waals surface area contributed by atoms with E-state index in [4.69, 9.17) is 0 Å². The highest BCUT2D eigenvalue weighted by atomic mass is 16.3. The van der Waals surface area contributed by atoms with Crippen molar-refractivity contribution in [1.29, 1.82) is 0 Å². The maximum Gasteiger partial charge on any atom is 0.0610 e. The lowest BCUT2D eigenvalue weighted by atomic mass is 9.96. The van der Waals surface area contributed by atoms with Crippen LogP contribution in [0.15, 0.2) is 18.2 Å². The fraction of sp³-hybridized carbons (Fsp3) is 0.667. The molecule has 0 saturated carbocycles. The Labute approximate surface area is 130 Å². The maximum atomic E-state index is 9.59. The van der Waals surface area contributed by atoms with Crippen molar-refractivity contribution in [2.75, 3.05) is 31.6 Å². The first kappa shape index (κ1) is 18.0. The summed E-state index contributed by atoms with van der Waals surface area (Å²) in [6, 6.07) is 6.66. The molecule has 0 fully saturated rings. The van der Waals surface area contributed by atoms with E-state index in [1.807, 2.05) is 0 Å². The summed E-state index contributed by atoms with van der Waals surface area (Å²) in [5.74, 6) is 0. The third kappa shape index (κ3) is 6.06. The maximum absolute atomic E-state index is 9.59. The van der Waals surface area contributed by atoms with Crippen molar-refractivity contribution in [1.82, 2.24) is 5.32 Å². The van der Waals surface area contributed by atoms with Crippen LogP contribution in [0.25, 0.3) is 0 Å². The Morgan fingerprint density at radius 1 is 1.19 bits per heavy atom. The van der Waals surface area contributed by atoms with Crippen LogP contribution in [-0.4, -0.2) is 37.4 Å². The van der Waals surface area contributed by atoms with E-state index in [1.54, 1.807) is 0 Å². The summed E-state index contributed by atoms with van der Waals surface area (Å²) in [6.07, 6.45) is 3.15. The van der Waals surface area contributed by atoms with Crippen LogP contribution in [0.1, 0.15) is 44.2 Å². The van der Waals surface area contributed by atoms with E-state index in [0.29, 0.717) is 0 Å². The van der Waals surface area contributed by atoms with Crippen molar-refractivity contribution in [2.24, 2.45) is 0 Å². The molecule has 0 heterocycles.